The van der Waals surface area contributed by atoms with E-state index in [1.54, 1.807) is 24.4 Å². The van der Waals surface area contributed by atoms with Crippen molar-refractivity contribution in [1.82, 2.24) is 10.2 Å². The molecule has 1 heterocycles. The number of benzene rings is 2. The molecular weight excluding hydrogens is 311 g/mol. The summed E-state index contributed by atoms with van der Waals surface area (Å²) in [5.41, 5.74) is 0.687. The van der Waals surface area contributed by atoms with Crippen LogP contribution in [0.5, 0.6) is 5.75 Å². The third kappa shape index (κ3) is 3.25. The summed E-state index contributed by atoms with van der Waals surface area (Å²) in [6, 6.07) is 10.3. The van der Waals surface area contributed by atoms with Gasteiger partial charge in [-0.05, 0) is 18.2 Å². The maximum absolute atomic E-state index is 12.4. The Morgan fingerprint density at radius 1 is 1.13 bits per heavy atom. The molecule has 3 rings (SSSR count). The van der Waals surface area contributed by atoms with Gasteiger partial charge in [0.1, 0.15) is 0 Å². The van der Waals surface area contributed by atoms with Gasteiger partial charge in [-0.25, -0.2) is 0 Å². The van der Waals surface area contributed by atoms with E-state index in [1.807, 2.05) is 0 Å². The van der Waals surface area contributed by atoms with Crippen LogP contribution < -0.4 is 10.1 Å². The Morgan fingerprint density at radius 2 is 1.91 bits per heavy atom. The van der Waals surface area contributed by atoms with E-state index in [1.165, 1.54) is 18.2 Å². The molecule has 1 amide bonds. The number of aromatic amines is 1. The van der Waals surface area contributed by atoms with Crippen molar-refractivity contribution in [2.24, 2.45) is 0 Å². The molecule has 0 unspecified atom stereocenters. The first-order chi connectivity index (χ1) is 10.9. The van der Waals surface area contributed by atoms with E-state index in [0.29, 0.717) is 5.52 Å². The van der Waals surface area contributed by atoms with Crippen LogP contribution in [-0.4, -0.2) is 22.5 Å². The van der Waals surface area contributed by atoms with Gasteiger partial charge in [-0.1, -0.05) is 24.3 Å². The highest BCUT2D eigenvalue weighted by atomic mass is 19.4. The van der Waals surface area contributed by atoms with Crippen LogP contribution in [0.2, 0.25) is 0 Å². The molecule has 0 radical (unpaired) electrons. The highest BCUT2D eigenvalue weighted by Crippen LogP contribution is 2.30. The van der Waals surface area contributed by atoms with E-state index < -0.39 is 18.0 Å². The highest BCUT2D eigenvalue weighted by Gasteiger charge is 2.32. The van der Waals surface area contributed by atoms with E-state index >= 15 is 0 Å². The SMILES string of the molecule is O=C(Nc1ccccc1OC(F)(F)F)c1cccc2cn[nH]c12. The van der Waals surface area contributed by atoms with E-state index in [-0.39, 0.29) is 11.3 Å². The number of alkyl halides is 3. The summed E-state index contributed by atoms with van der Waals surface area (Å²) in [7, 11) is 0. The third-order valence-electron chi connectivity index (χ3n) is 3.08. The van der Waals surface area contributed by atoms with Gasteiger partial charge in [0.15, 0.2) is 5.75 Å². The minimum atomic E-state index is -4.84. The van der Waals surface area contributed by atoms with Gasteiger partial charge in [-0.3, -0.25) is 9.89 Å². The number of para-hydroxylation sites is 3. The van der Waals surface area contributed by atoms with Gasteiger partial charge in [0, 0.05) is 5.39 Å². The Kier molecular flexibility index (Phi) is 3.65. The van der Waals surface area contributed by atoms with E-state index in [4.69, 9.17) is 0 Å². The molecule has 8 heteroatoms. The average Bonchev–Trinajstić information content (AvgIpc) is 2.96. The van der Waals surface area contributed by atoms with Crippen LogP contribution in [0.3, 0.4) is 0 Å². The predicted octanol–water partition coefficient (Wildman–Crippen LogP) is 3.71. The summed E-state index contributed by atoms with van der Waals surface area (Å²) in [5, 5.41) is 9.66. The molecule has 3 aromatic rings. The molecular formula is C15H10F3N3O2. The Hall–Kier alpha value is -3.03. The fourth-order valence-corrected chi connectivity index (χ4v) is 2.13. The second-order valence-electron chi connectivity index (χ2n) is 4.64. The Morgan fingerprint density at radius 3 is 2.70 bits per heavy atom. The molecule has 0 atom stereocenters. The number of nitrogens with zero attached hydrogens (tertiary/aromatic N) is 1. The summed E-state index contributed by atoms with van der Waals surface area (Å²) in [4.78, 5) is 12.3. The van der Waals surface area contributed by atoms with Crippen LogP contribution in [0, 0.1) is 0 Å². The second kappa shape index (κ2) is 5.64. The quantitative estimate of drug-likeness (QED) is 0.773. The van der Waals surface area contributed by atoms with E-state index in [9.17, 15) is 18.0 Å². The summed E-state index contributed by atoms with van der Waals surface area (Å²) < 4.78 is 41.1. The van der Waals surface area contributed by atoms with Crippen molar-refractivity contribution < 1.29 is 22.7 Å². The monoisotopic (exact) mass is 321 g/mol. The Labute approximate surface area is 128 Å². The molecule has 0 fully saturated rings. The highest BCUT2D eigenvalue weighted by molar-refractivity contribution is 6.12. The summed E-state index contributed by atoms with van der Waals surface area (Å²) >= 11 is 0. The number of aromatic nitrogens is 2. The number of halogens is 3. The maximum Gasteiger partial charge on any atom is 0.573 e. The van der Waals surface area contributed by atoms with Crippen molar-refractivity contribution in [3.63, 3.8) is 0 Å². The average molecular weight is 321 g/mol. The summed E-state index contributed by atoms with van der Waals surface area (Å²) in [6.07, 6.45) is -3.29. The first-order valence-corrected chi connectivity index (χ1v) is 6.52. The van der Waals surface area contributed by atoms with Crippen LogP contribution in [0.15, 0.2) is 48.7 Å². The minimum absolute atomic E-state index is 0.0775. The molecule has 0 aliphatic carbocycles. The second-order valence-corrected chi connectivity index (χ2v) is 4.64. The van der Waals surface area contributed by atoms with Crippen LogP contribution in [0.4, 0.5) is 18.9 Å². The normalized spacial score (nSPS) is 11.4. The number of amides is 1. The maximum atomic E-state index is 12.4. The third-order valence-corrected chi connectivity index (χ3v) is 3.08. The predicted molar refractivity (Wildman–Crippen MR) is 77.2 cm³/mol. The minimum Gasteiger partial charge on any atom is -0.404 e. The lowest BCUT2D eigenvalue weighted by Crippen LogP contribution is -2.19. The molecule has 0 saturated heterocycles. The number of fused-ring (bicyclic) bond motifs is 1. The zero-order valence-electron chi connectivity index (χ0n) is 11.5. The van der Waals surface area contributed by atoms with Crippen LogP contribution in [0.1, 0.15) is 10.4 Å². The van der Waals surface area contributed by atoms with Crippen molar-refractivity contribution in [3.8, 4) is 5.75 Å². The zero-order chi connectivity index (χ0) is 16.4. The number of hydrogen-bond acceptors (Lipinski definition) is 3. The zero-order valence-corrected chi connectivity index (χ0v) is 11.5. The van der Waals surface area contributed by atoms with Crippen LogP contribution in [0.25, 0.3) is 10.9 Å². The van der Waals surface area contributed by atoms with Crippen molar-refractivity contribution in [3.05, 3.63) is 54.2 Å². The molecule has 0 saturated carbocycles. The van der Waals surface area contributed by atoms with Crippen molar-refractivity contribution in [1.29, 1.82) is 0 Å². The topological polar surface area (TPSA) is 67.0 Å². The van der Waals surface area contributed by atoms with Gasteiger partial charge in [-0.15, -0.1) is 13.2 Å². The first kappa shape index (κ1) is 14.9. The van der Waals surface area contributed by atoms with Crippen LogP contribution in [-0.2, 0) is 0 Å². The van der Waals surface area contributed by atoms with Gasteiger partial charge >= 0.3 is 6.36 Å². The van der Waals surface area contributed by atoms with Crippen LogP contribution >= 0.6 is 0 Å². The van der Waals surface area contributed by atoms with Gasteiger partial charge in [-0.2, -0.15) is 5.10 Å². The molecule has 2 aromatic carbocycles. The number of H-pyrrole nitrogens is 1. The smallest absolute Gasteiger partial charge is 0.404 e. The molecule has 23 heavy (non-hydrogen) atoms. The number of ether oxygens (including phenoxy) is 1. The van der Waals surface area contributed by atoms with Gasteiger partial charge in [0.2, 0.25) is 0 Å². The fraction of sp³-hybridized carbons (Fsp3) is 0.0667. The van der Waals surface area contributed by atoms with Gasteiger partial charge in [0.05, 0.1) is 23.0 Å². The molecule has 0 spiro atoms. The summed E-state index contributed by atoms with van der Waals surface area (Å²) in [5.74, 6) is -1.05. The molecule has 2 N–H and O–H groups in total. The lowest BCUT2D eigenvalue weighted by molar-refractivity contribution is -0.274. The lowest BCUT2D eigenvalue weighted by atomic mass is 10.1. The van der Waals surface area contributed by atoms with E-state index in [0.717, 1.165) is 11.5 Å². The molecule has 0 bridgehead atoms. The number of anilines is 1. The lowest BCUT2D eigenvalue weighted by Gasteiger charge is -2.14. The van der Waals surface area contributed by atoms with E-state index in [2.05, 4.69) is 20.3 Å². The first-order valence-electron chi connectivity index (χ1n) is 6.52. The molecule has 5 nitrogen and oxygen atoms in total. The number of carbonyl (C=O) groups excluding carboxylic acids is 1. The largest absolute Gasteiger partial charge is 0.573 e. The molecule has 0 aliphatic rings. The molecule has 0 aliphatic heterocycles. The standard InChI is InChI=1S/C15H10F3N3O2/c16-15(17,18)23-12-7-2-1-6-11(12)20-14(22)10-5-3-4-9-8-19-21-13(9)10/h1-8H,(H,19,21)(H,20,22). The van der Waals surface area contributed by atoms with Crippen molar-refractivity contribution in [2.75, 3.05) is 5.32 Å². The summed E-state index contributed by atoms with van der Waals surface area (Å²) in [6.45, 7) is 0. The Bertz CT molecular complexity index is 858. The van der Waals surface area contributed by atoms with Gasteiger partial charge < -0.3 is 10.1 Å². The van der Waals surface area contributed by atoms with Crippen molar-refractivity contribution in [2.45, 2.75) is 6.36 Å². The fourth-order valence-electron chi connectivity index (χ4n) is 2.13. The number of rotatable bonds is 3. The Balaban J connectivity index is 1.90. The molecule has 118 valence electrons. The number of nitrogens with one attached hydrogen (secondary N) is 2. The number of hydrogen-bond donors (Lipinski definition) is 2. The van der Waals surface area contributed by atoms with Crippen molar-refractivity contribution >= 4 is 22.5 Å². The van der Waals surface area contributed by atoms with Gasteiger partial charge in [0.25, 0.3) is 5.91 Å². The number of carbonyl (C=O) groups is 1. The molecule has 1 aromatic heterocycles.